The lowest BCUT2D eigenvalue weighted by atomic mass is 9.72. The second kappa shape index (κ2) is 5.51. The summed E-state index contributed by atoms with van der Waals surface area (Å²) in [5.74, 6) is -0.584. The Balaban J connectivity index is 1.64. The third-order valence-corrected chi connectivity index (χ3v) is 4.93. The van der Waals surface area contributed by atoms with Crippen LogP contribution in [0.15, 0.2) is 24.3 Å². The zero-order valence-electron chi connectivity index (χ0n) is 13.2. The van der Waals surface area contributed by atoms with E-state index in [2.05, 4.69) is 0 Å². The van der Waals surface area contributed by atoms with Crippen LogP contribution in [0.2, 0.25) is 0 Å². The molecule has 4 rings (SSSR count). The molecule has 1 atom stereocenters. The van der Waals surface area contributed by atoms with Crippen LogP contribution < -0.4 is 0 Å². The Kier molecular flexibility index (Phi) is 3.91. The number of carbonyl (C=O) groups is 1. The molecule has 1 aromatic rings. The van der Waals surface area contributed by atoms with Gasteiger partial charge in [0.2, 0.25) is 0 Å². The Bertz CT molecular complexity index is 608. The van der Waals surface area contributed by atoms with Crippen LogP contribution in [0, 0.1) is 12.8 Å². The third kappa shape index (κ3) is 2.73. The molecule has 0 N–H and O–H groups in total. The van der Waals surface area contributed by atoms with E-state index >= 15 is 0 Å². The van der Waals surface area contributed by atoms with E-state index in [1.807, 2.05) is 31.2 Å². The first kappa shape index (κ1) is 16.3. The van der Waals surface area contributed by atoms with Crippen LogP contribution >= 0.6 is 0 Å². The summed E-state index contributed by atoms with van der Waals surface area (Å²) in [5.41, 5.74) is 0.0257. The van der Waals surface area contributed by atoms with Crippen molar-refractivity contribution in [1.29, 1.82) is 0 Å². The van der Waals surface area contributed by atoms with E-state index in [-0.39, 0.29) is 31.9 Å². The minimum atomic E-state index is -4.37. The van der Waals surface area contributed by atoms with Gasteiger partial charge >= 0.3 is 6.18 Å². The highest BCUT2D eigenvalue weighted by molar-refractivity contribution is 5.82. The number of alkyl halides is 3. The average Bonchev–Trinajstić information content (AvgIpc) is 2.99. The molecule has 0 spiro atoms. The molecule has 1 aromatic carbocycles. The largest absolute Gasteiger partial charge is 0.411 e. The van der Waals surface area contributed by atoms with Crippen molar-refractivity contribution in [2.75, 3.05) is 6.54 Å². The van der Waals surface area contributed by atoms with Gasteiger partial charge in [0, 0.05) is 6.54 Å². The van der Waals surface area contributed by atoms with Crippen LogP contribution in [-0.4, -0.2) is 35.2 Å². The van der Waals surface area contributed by atoms with Crippen LogP contribution in [0.5, 0.6) is 0 Å². The first-order chi connectivity index (χ1) is 10.7. The normalized spacial score (nSPS) is 27.7. The summed E-state index contributed by atoms with van der Waals surface area (Å²) in [7, 11) is 0. The molecule has 1 saturated carbocycles. The predicted molar refractivity (Wildman–Crippen MR) is 78.7 cm³/mol. The highest BCUT2D eigenvalue weighted by atomic mass is 19.4. The van der Waals surface area contributed by atoms with Gasteiger partial charge in [0.1, 0.15) is 11.6 Å². The summed E-state index contributed by atoms with van der Waals surface area (Å²) in [4.78, 5) is 13.4. The number of fused-ring (bicyclic) bond motifs is 1. The maximum atomic E-state index is 13.3. The van der Waals surface area contributed by atoms with Crippen molar-refractivity contribution in [1.82, 2.24) is 4.90 Å². The molecule has 0 radical (unpaired) electrons. The van der Waals surface area contributed by atoms with Crippen molar-refractivity contribution in [2.45, 2.75) is 51.1 Å². The Labute approximate surface area is 133 Å². The fourth-order valence-corrected chi connectivity index (χ4v) is 3.68. The summed E-state index contributed by atoms with van der Waals surface area (Å²) in [6, 6.07) is 7.63. The molecule has 3 nitrogen and oxygen atoms in total. The number of aryl methyl sites for hydroxylation is 1. The van der Waals surface area contributed by atoms with Gasteiger partial charge in [-0.05, 0) is 38.2 Å². The number of hydrogen-bond donors (Lipinski definition) is 0. The van der Waals surface area contributed by atoms with Crippen LogP contribution in [0.1, 0.15) is 30.9 Å². The van der Waals surface area contributed by atoms with Crippen molar-refractivity contribution >= 4 is 5.91 Å². The third-order valence-electron chi connectivity index (χ3n) is 4.93. The molecule has 2 aliphatic heterocycles. The highest BCUT2D eigenvalue weighted by Gasteiger charge is 2.71. The molecule has 1 unspecified atom stereocenters. The number of benzene rings is 1. The quantitative estimate of drug-likeness (QED) is 0.848. The van der Waals surface area contributed by atoms with Crippen LogP contribution in [0.3, 0.4) is 0 Å². The van der Waals surface area contributed by atoms with Gasteiger partial charge in [0.05, 0.1) is 6.61 Å². The second-order valence-electron chi connectivity index (χ2n) is 6.69. The van der Waals surface area contributed by atoms with Gasteiger partial charge in [-0.3, -0.25) is 4.79 Å². The summed E-state index contributed by atoms with van der Waals surface area (Å²) >= 11 is 0. The smallest absolute Gasteiger partial charge is 0.364 e. The van der Waals surface area contributed by atoms with Gasteiger partial charge < -0.3 is 9.64 Å². The lowest BCUT2D eigenvalue weighted by Crippen LogP contribution is -2.60. The number of rotatable bonds is 4. The number of hydrogen-bond acceptors (Lipinski definition) is 2. The lowest BCUT2D eigenvalue weighted by molar-refractivity contribution is -0.238. The van der Waals surface area contributed by atoms with Gasteiger partial charge in [-0.25, -0.2) is 0 Å². The molecule has 6 heteroatoms. The van der Waals surface area contributed by atoms with E-state index in [0.29, 0.717) is 0 Å². The first-order valence-electron chi connectivity index (χ1n) is 7.78. The summed E-state index contributed by atoms with van der Waals surface area (Å²) in [6.45, 7) is 3.88. The maximum absolute atomic E-state index is 13.3. The summed E-state index contributed by atoms with van der Waals surface area (Å²) in [6.07, 6.45) is -5.18. The molecular weight excluding hydrogens is 307 g/mol. The molecule has 2 bridgehead atoms. The van der Waals surface area contributed by atoms with E-state index in [4.69, 9.17) is 4.74 Å². The number of carbonyl (C=O) groups excluding carboxylic acids is 1. The van der Waals surface area contributed by atoms with E-state index in [1.54, 1.807) is 0 Å². The monoisotopic (exact) mass is 327 g/mol. The molecule has 3 aliphatic rings. The Morgan fingerprint density at radius 2 is 2.13 bits per heavy atom. The summed E-state index contributed by atoms with van der Waals surface area (Å²) in [5, 5.41) is 0. The minimum absolute atomic E-state index is 0.0236. The minimum Gasteiger partial charge on any atom is -0.364 e. The average molecular weight is 327 g/mol. The molecule has 2 heterocycles. The molecule has 0 aromatic heterocycles. The Morgan fingerprint density at radius 1 is 1.43 bits per heavy atom. The van der Waals surface area contributed by atoms with E-state index in [9.17, 15) is 18.0 Å². The van der Waals surface area contributed by atoms with Gasteiger partial charge in [-0.15, -0.1) is 0 Å². The highest BCUT2D eigenvalue weighted by Crippen LogP contribution is 2.58. The van der Waals surface area contributed by atoms with Gasteiger partial charge in [0.15, 0.2) is 0 Å². The van der Waals surface area contributed by atoms with Crippen molar-refractivity contribution < 1.29 is 22.7 Å². The van der Waals surface area contributed by atoms with Crippen LogP contribution in [0.25, 0.3) is 0 Å². The predicted octanol–water partition coefficient (Wildman–Crippen LogP) is 3.45. The second-order valence-corrected chi connectivity index (χ2v) is 6.69. The number of amides is 1. The Hall–Kier alpha value is -1.56. The standard InChI is InChI=1S/C17H20F3NO2/c1-11-4-3-5-13(6-11)10-23-12(2)15(22)21-9-14-7-16(21,8-14)17(18,19)20/h3-6,12,14H,7-10H2,1-2H3. The van der Waals surface area contributed by atoms with Crippen LogP contribution in [0.4, 0.5) is 13.2 Å². The molecule has 126 valence electrons. The zero-order valence-corrected chi connectivity index (χ0v) is 13.2. The SMILES string of the molecule is Cc1cccc(COC(C)C(=O)N2CC3CC2(C(F)(F)F)C3)c1. The van der Waals surface area contributed by atoms with Crippen molar-refractivity contribution in [3.05, 3.63) is 35.4 Å². The van der Waals surface area contributed by atoms with Gasteiger partial charge in [-0.1, -0.05) is 29.8 Å². The van der Waals surface area contributed by atoms with Crippen LogP contribution in [-0.2, 0) is 16.1 Å². The number of nitrogens with zero attached hydrogens (tertiary/aromatic N) is 1. The van der Waals surface area contributed by atoms with Crippen molar-refractivity contribution in [2.24, 2.45) is 5.92 Å². The van der Waals surface area contributed by atoms with E-state index in [0.717, 1.165) is 16.0 Å². The molecule has 1 amide bonds. The molecule has 2 saturated heterocycles. The number of ether oxygens (including phenoxy) is 1. The number of halogens is 3. The zero-order chi connectivity index (χ0) is 16.8. The van der Waals surface area contributed by atoms with E-state index < -0.39 is 23.7 Å². The fraction of sp³-hybridized carbons (Fsp3) is 0.588. The lowest BCUT2D eigenvalue weighted by Gasteiger charge is -2.43. The topological polar surface area (TPSA) is 29.5 Å². The molecule has 3 fully saturated rings. The fourth-order valence-electron chi connectivity index (χ4n) is 3.68. The van der Waals surface area contributed by atoms with Crippen molar-refractivity contribution in [3.63, 3.8) is 0 Å². The molecular formula is C17H20F3NO2. The maximum Gasteiger partial charge on any atom is 0.411 e. The summed E-state index contributed by atoms with van der Waals surface area (Å²) < 4.78 is 45.5. The molecule has 1 aliphatic carbocycles. The van der Waals surface area contributed by atoms with E-state index in [1.165, 1.54) is 6.92 Å². The van der Waals surface area contributed by atoms with Gasteiger partial charge in [0.25, 0.3) is 5.91 Å². The first-order valence-corrected chi connectivity index (χ1v) is 7.78. The Morgan fingerprint density at radius 3 is 2.74 bits per heavy atom. The molecule has 23 heavy (non-hydrogen) atoms. The van der Waals surface area contributed by atoms with Gasteiger partial charge in [-0.2, -0.15) is 13.2 Å². The van der Waals surface area contributed by atoms with Crippen molar-refractivity contribution in [3.8, 4) is 0 Å².